The molecule has 12 heteroatoms. The van der Waals surface area contributed by atoms with Crippen LogP contribution >= 0.6 is 11.6 Å². The van der Waals surface area contributed by atoms with Gasteiger partial charge in [-0.15, -0.1) is 0 Å². The topological polar surface area (TPSA) is 117 Å². The zero-order valence-electron chi connectivity index (χ0n) is 16.3. The van der Waals surface area contributed by atoms with Crippen molar-refractivity contribution in [3.8, 4) is 0 Å². The number of ketones is 1. The van der Waals surface area contributed by atoms with E-state index in [-0.39, 0.29) is 20.9 Å². The van der Waals surface area contributed by atoms with Crippen LogP contribution in [0.5, 0.6) is 0 Å². The summed E-state index contributed by atoms with van der Waals surface area (Å²) in [5, 5.41) is 0.487. The summed E-state index contributed by atoms with van der Waals surface area (Å²) in [6.45, 7) is 0. The van der Waals surface area contributed by atoms with E-state index in [1.165, 1.54) is 36.7 Å². The monoisotopic (exact) mass is 491 g/mol. The number of fused-ring (bicyclic) bond motifs is 1. The van der Waals surface area contributed by atoms with Crippen molar-refractivity contribution in [3.05, 3.63) is 88.2 Å². The Bertz CT molecular complexity index is 1540. The van der Waals surface area contributed by atoms with Gasteiger partial charge in [0.1, 0.15) is 11.5 Å². The number of carbonyl (C=O) groups is 1. The van der Waals surface area contributed by atoms with Gasteiger partial charge in [-0.25, -0.2) is 22.2 Å². The second kappa shape index (κ2) is 7.89. The number of rotatable bonds is 6. The SMILES string of the molecule is O=C(c1c(F)ccc(NS(=O)(=O)c2cccc(C3OO3)c2)c1F)c1c[nH]c2ncc(Cl)cc12. The number of aromatic nitrogens is 2. The van der Waals surface area contributed by atoms with Crippen LogP contribution in [-0.2, 0) is 19.8 Å². The maximum absolute atomic E-state index is 15.2. The van der Waals surface area contributed by atoms with Crippen molar-refractivity contribution >= 4 is 44.1 Å². The molecule has 0 amide bonds. The Labute approximate surface area is 190 Å². The molecule has 1 aliphatic heterocycles. The van der Waals surface area contributed by atoms with Crippen molar-refractivity contribution in [2.45, 2.75) is 11.2 Å². The van der Waals surface area contributed by atoms with Crippen LogP contribution in [0.3, 0.4) is 0 Å². The average Bonchev–Trinajstić information content (AvgIpc) is 3.56. The standard InChI is InChI=1S/C21H12ClF2N3O5S/c22-11-7-13-14(9-26-20(13)25-8-11)19(28)17-15(23)4-5-16(18(17)24)27-33(29,30)12-3-1-2-10(6-12)21-31-32-21/h1-9,21,27H,(H,25,26). The molecule has 3 heterocycles. The molecule has 0 aliphatic carbocycles. The fraction of sp³-hybridized carbons (Fsp3) is 0.0476. The van der Waals surface area contributed by atoms with Crippen LogP contribution in [0.4, 0.5) is 14.5 Å². The molecule has 4 aromatic rings. The number of pyridine rings is 1. The molecule has 2 aromatic carbocycles. The highest BCUT2D eigenvalue weighted by Crippen LogP contribution is 2.34. The maximum Gasteiger partial charge on any atom is 0.261 e. The van der Waals surface area contributed by atoms with Gasteiger partial charge in [-0.2, -0.15) is 9.78 Å². The maximum atomic E-state index is 15.2. The smallest absolute Gasteiger partial charge is 0.261 e. The molecule has 168 valence electrons. The van der Waals surface area contributed by atoms with Crippen LogP contribution in [-0.4, -0.2) is 24.2 Å². The van der Waals surface area contributed by atoms with Crippen LogP contribution in [0.15, 0.2) is 59.8 Å². The van der Waals surface area contributed by atoms with E-state index in [1.54, 1.807) is 6.07 Å². The van der Waals surface area contributed by atoms with E-state index in [4.69, 9.17) is 11.6 Å². The second-order valence-corrected chi connectivity index (χ2v) is 9.19. The first-order chi connectivity index (χ1) is 15.7. The van der Waals surface area contributed by atoms with Crippen LogP contribution in [0, 0.1) is 11.6 Å². The minimum Gasteiger partial charge on any atom is -0.345 e. The van der Waals surface area contributed by atoms with Crippen LogP contribution in [0.1, 0.15) is 27.8 Å². The van der Waals surface area contributed by atoms with Crippen LogP contribution in [0.2, 0.25) is 5.02 Å². The molecule has 8 nitrogen and oxygen atoms in total. The number of sulfonamides is 1. The largest absolute Gasteiger partial charge is 0.345 e. The van der Waals surface area contributed by atoms with Crippen molar-refractivity contribution in [3.63, 3.8) is 0 Å². The third-order valence-corrected chi connectivity index (χ3v) is 6.51. The molecule has 1 aliphatic rings. The summed E-state index contributed by atoms with van der Waals surface area (Å²) >= 11 is 5.92. The van der Waals surface area contributed by atoms with Crippen molar-refractivity contribution in [1.29, 1.82) is 0 Å². The summed E-state index contributed by atoms with van der Waals surface area (Å²) in [5.41, 5.74) is -0.858. The first kappa shape index (κ1) is 21.5. The molecule has 0 bridgehead atoms. The summed E-state index contributed by atoms with van der Waals surface area (Å²) < 4.78 is 57.4. The average molecular weight is 492 g/mol. The fourth-order valence-corrected chi connectivity index (χ4v) is 4.58. The van der Waals surface area contributed by atoms with Gasteiger partial charge in [0.2, 0.25) is 12.1 Å². The molecule has 0 saturated carbocycles. The first-order valence-corrected chi connectivity index (χ1v) is 11.2. The number of halogens is 3. The number of benzene rings is 2. The van der Waals surface area contributed by atoms with E-state index in [0.29, 0.717) is 11.2 Å². The Morgan fingerprint density at radius 1 is 1.15 bits per heavy atom. The predicted octanol–water partition coefficient (Wildman–Crippen LogP) is 4.49. The summed E-state index contributed by atoms with van der Waals surface area (Å²) in [5.74, 6) is -3.53. The van der Waals surface area contributed by atoms with Crippen molar-refractivity contribution < 1.29 is 31.8 Å². The first-order valence-electron chi connectivity index (χ1n) is 9.35. The van der Waals surface area contributed by atoms with Gasteiger partial charge >= 0.3 is 0 Å². The minimum atomic E-state index is -4.28. The van der Waals surface area contributed by atoms with E-state index in [9.17, 15) is 17.6 Å². The van der Waals surface area contributed by atoms with Crippen molar-refractivity contribution in [2.75, 3.05) is 4.72 Å². The van der Waals surface area contributed by atoms with Gasteiger partial charge in [0.25, 0.3) is 10.0 Å². The number of hydrogen-bond acceptors (Lipinski definition) is 6. The lowest BCUT2D eigenvalue weighted by molar-refractivity contribution is 0.0850. The summed E-state index contributed by atoms with van der Waals surface area (Å²) in [7, 11) is -4.28. The predicted molar refractivity (Wildman–Crippen MR) is 113 cm³/mol. The molecule has 0 atom stereocenters. The van der Waals surface area contributed by atoms with Crippen molar-refractivity contribution in [2.24, 2.45) is 0 Å². The van der Waals surface area contributed by atoms with Gasteiger partial charge in [0, 0.05) is 28.9 Å². The zero-order valence-corrected chi connectivity index (χ0v) is 17.9. The number of H-pyrrole nitrogens is 1. The Balaban J connectivity index is 1.52. The summed E-state index contributed by atoms with van der Waals surface area (Å²) in [4.78, 5) is 28.9. The molecule has 0 unspecified atom stereocenters. The lowest BCUT2D eigenvalue weighted by Crippen LogP contribution is -2.16. The molecule has 2 N–H and O–H groups in total. The normalized spacial score (nSPS) is 13.9. The number of nitrogens with one attached hydrogen (secondary N) is 2. The fourth-order valence-electron chi connectivity index (χ4n) is 3.31. The van der Waals surface area contributed by atoms with E-state index in [0.717, 1.165) is 12.1 Å². The lowest BCUT2D eigenvalue weighted by Gasteiger charge is -2.12. The zero-order chi connectivity index (χ0) is 23.3. The number of carbonyl (C=O) groups excluding carboxylic acids is 1. The molecule has 2 aromatic heterocycles. The number of nitrogens with zero attached hydrogens (tertiary/aromatic N) is 1. The Kier molecular flexibility index (Phi) is 5.13. The number of anilines is 1. The highest BCUT2D eigenvalue weighted by atomic mass is 35.5. The van der Waals surface area contributed by atoms with Crippen molar-refractivity contribution in [1.82, 2.24) is 9.97 Å². The van der Waals surface area contributed by atoms with Gasteiger partial charge in [-0.3, -0.25) is 9.52 Å². The quantitative estimate of drug-likeness (QED) is 0.233. The molecule has 0 spiro atoms. The number of aromatic amines is 1. The third kappa shape index (κ3) is 3.95. The van der Waals surface area contributed by atoms with Crippen LogP contribution in [0.25, 0.3) is 11.0 Å². The third-order valence-electron chi connectivity index (χ3n) is 4.94. The minimum absolute atomic E-state index is 0.0741. The molecule has 1 saturated heterocycles. The lowest BCUT2D eigenvalue weighted by atomic mass is 10.0. The van der Waals surface area contributed by atoms with Gasteiger partial charge in [0.15, 0.2) is 5.82 Å². The summed E-state index contributed by atoms with van der Waals surface area (Å²) in [6.07, 6.45) is 1.92. The molecule has 5 rings (SSSR count). The molecule has 33 heavy (non-hydrogen) atoms. The Morgan fingerprint density at radius 3 is 2.70 bits per heavy atom. The van der Waals surface area contributed by atoms with Gasteiger partial charge in [0.05, 0.1) is 21.2 Å². The molecule has 0 radical (unpaired) electrons. The molecular weight excluding hydrogens is 480 g/mol. The summed E-state index contributed by atoms with van der Waals surface area (Å²) in [6, 6.07) is 8.74. The molecule has 1 fully saturated rings. The van der Waals surface area contributed by atoms with Gasteiger partial charge in [-0.05, 0) is 30.3 Å². The van der Waals surface area contributed by atoms with E-state index in [1.807, 2.05) is 0 Å². The Morgan fingerprint density at radius 2 is 1.94 bits per heavy atom. The van der Waals surface area contributed by atoms with Gasteiger partial charge < -0.3 is 4.98 Å². The second-order valence-electron chi connectivity index (χ2n) is 7.07. The van der Waals surface area contributed by atoms with E-state index >= 15 is 4.39 Å². The van der Waals surface area contributed by atoms with E-state index < -0.39 is 45.0 Å². The Hall–Kier alpha value is -3.38. The van der Waals surface area contributed by atoms with Gasteiger partial charge in [-0.1, -0.05) is 23.7 Å². The highest BCUT2D eigenvalue weighted by Gasteiger charge is 2.30. The van der Waals surface area contributed by atoms with E-state index in [2.05, 4.69) is 24.5 Å². The number of hydrogen-bond donors (Lipinski definition) is 2. The highest BCUT2D eigenvalue weighted by molar-refractivity contribution is 7.92. The molecular formula is C21H12ClF2N3O5S. The van der Waals surface area contributed by atoms with Crippen LogP contribution < -0.4 is 4.72 Å².